The lowest BCUT2D eigenvalue weighted by molar-refractivity contribution is 0.0661. The normalized spacial score (nSPS) is 23.2. The molecule has 0 N–H and O–H groups in total. The molecule has 0 saturated carbocycles. The lowest BCUT2D eigenvalue weighted by atomic mass is 10.1. The molecule has 0 bridgehead atoms. The summed E-state index contributed by atoms with van der Waals surface area (Å²) in [6, 6.07) is 0.260. The molecule has 2 heterocycles. The molecule has 4 heteroatoms. The Labute approximate surface area is 105 Å². The molecular formula is C13H25N3O. The maximum atomic E-state index is 12.2. The van der Waals surface area contributed by atoms with E-state index in [9.17, 15) is 4.79 Å². The monoisotopic (exact) mass is 239 g/mol. The number of carbonyl (C=O) groups is 1. The fourth-order valence-corrected chi connectivity index (χ4v) is 2.68. The lowest BCUT2D eigenvalue weighted by Crippen LogP contribution is -2.56. The molecular weight excluding hydrogens is 214 g/mol. The fraction of sp³-hybridized carbons (Fsp3) is 0.923. The van der Waals surface area contributed by atoms with Crippen molar-refractivity contribution in [3.8, 4) is 0 Å². The maximum absolute atomic E-state index is 12.2. The first-order chi connectivity index (χ1) is 7.98. The summed E-state index contributed by atoms with van der Waals surface area (Å²) in [5.74, 6) is 0. The molecule has 0 atom stereocenters. The van der Waals surface area contributed by atoms with Crippen LogP contribution in [0.25, 0.3) is 0 Å². The molecule has 2 aliphatic heterocycles. The van der Waals surface area contributed by atoms with Crippen molar-refractivity contribution in [2.24, 2.45) is 0 Å². The average molecular weight is 239 g/mol. The number of hydrogen-bond donors (Lipinski definition) is 0. The van der Waals surface area contributed by atoms with E-state index in [0.717, 1.165) is 39.3 Å². The number of nitrogens with zero attached hydrogens (tertiary/aromatic N) is 3. The van der Waals surface area contributed by atoms with Crippen LogP contribution in [0.4, 0.5) is 4.79 Å². The summed E-state index contributed by atoms with van der Waals surface area (Å²) in [6.07, 6.45) is 2.35. The van der Waals surface area contributed by atoms with Crippen LogP contribution in [0.15, 0.2) is 0 Å². The van der Waals surface area contributed by atoms with Crippen LogP contribution in [0.2, 0.25) is 0 Å². The van der Waals surface area contributed by atoms with Gasteiger partial charge in [-0.25, -0.2) is 4.79 Å². The van der Waals surface area contributed by atoms with Crippen molar-refractivity contribution < 1.29 is 4.79 Å². The van der Waals surface area contributed by atoms with Gasteiger partial charge in [0.05, 0.1) is 0 Å². The van der Waals surface area contributed by atoms with Gasteiger partial charge in [-0.1, -0.05) is 0 Å². The van der Waals surface area contributed by atoms with Crippen LogP contribution in [-0.2, 0) is 0 Å². The Morgan fingerprint density at radius 2 is 1.29 bits per heavy atom. The Hall–Kier alpha value is -0.770. The quantitative estimate of drug-likeness (QED) is 0.642. The number of urea groups is 1. The Morgan fingerprint density at radius 1 is 0.824 bits per heavy atom. The summed E-state index contributed by atoms with van der Waals surface area (Å²) in [5, 5.41) is 0. The number of hydrogen-bond acceptors (Lipinski definition) is 2. The van der Waals surface area contributed by atoms with Gasteiger partial charge in [0.15, 0.2) is 0 Å². The summed E-state index contributed by atoms with van der Waals surface area (Å²) in [7, 11) is 0. The Morgan fingerprint density at radius 3 is 1.76 bits per heavy atom. The highest BCUT2D eigenvalue weighted by Gasteiger charge is 2.30. The topological polar surface area (TPSA) is 26.8 Å². The molecule has 2 rings (SSSR count). The highest BCUT2D eigenvalue weighted by molar-refractivity contribution is 5.74. The Bertz CT molecular complexity index is 271. The van der Waals surface area contributed by atoms with E-state index in [4.69, 9.17) is 0 Å². The summed E-state index contributed by atoms with van der Waals surface area (Å²) < 4.78 is 0. The molecule has 2 aliphatic rings. The largest absolute Gasteiger partial charge is 0.325 e. The van der Waals surface area contributed by atoms with Gasteiger partial charge in [-0.2, -0.15) is 0 Å². The average Bonchev–Trinajstić information content (AvgIpc) is 2.80. The first kappa shape index (κ1) is 12.7. The highest BCUT2D eigenvalue weighted by Crippen LogP contribution is 2.17. The molecule has 0 radical (unpaired) electrons. The molecule has 0 unspecified atom stereocenters. The van der Waals surface area contributed by atoms with Crippen LogP contribution < -0.4 is 0 Å². The zero-order valence-corrected chi connectivity index (χ0v) is 11.4. The number of likely N-dealkylation sites (tertiary alicyclic amines) is 1. The first-order valence-electron chi connectivity index (χ1n) is 6.77. The number of carbonyl (C=O) groups excluding carboxylic acids is 1. The first-order valence-corrected chi connectivity index (χ1v) is 6.77. The zero-order chi connectivity index (χ0) is 12.5. The van der Waals surface area contributed by atoms with Crippen LogP contribution in [0.5, 0.6) is 0 Å². The van der Waals surface area contributed by atoms with Crippen LogP contribution >= 0.6 is 0 Å². The molecule has 0 spiro atoms. The van der Waals surface area contributed by atoms with Crippen molar-refractivity contribution in [1.82, 2.24) is 14.7 Å². The summed E-state index contributed by atoms with van der Waals surface area (Å²) in [6.45, 7) is 12.4. The van der Waals surface area contributed by atoms with Crippen LogP contribution in [-0.4, -0.2) is 65.5 Å². The fourth-order valence-electron chi connectivity index (χ4n) is 2.68. The highest BCUT2D eigenvalue weighted by atomic mass is 16.2. The predicted molar refractivity (Wildman–Crippen MR) is 69.1 cm³/mol. The van der Waals surface area contributed by atoms with Crippen LogP contribution in [0.1, 0.15) is 33.6 Å². The molecule has 2 fully saturated rings. The van der Waals surface area contributed by atoms with Gasteiger partial charge in [0.1, 0.15) is 0 Å². The molecule has 0 aromatic heterocycles. The molecule has 0 aliphatic carbocycles. The van der Waals surface area contributed by atoms with E-state index in [-0.39, 0.29) is 11.6 Å². The van der Waals surface area contributed by atoms with E-state index < -0.39 is 0 Å². The number of piperazine rings is 1. The van der Waals surface area contributed by atoms with E-state index >= 15 is 0 Å². The van der Waals surface area contributed by atoms with Crippen LogP contribution in [0.3, 0.4) is 0 Å². The van der Waals surface area contributed by atoms with Gasteiger partial charge in [0.25, 0.3) is 0 Å². The maximum Gasteiger partial charge on any atom is 0.320 e. The summed E-state index contributed by atoms with van der Waals surface area (Å²) in [5.41, 5.74) is 0.225. The van der Waals surface area contributed by atoms with E-state index in [0.29, 0.717) is 0 Å². The third-order valence-corrected chi connectivity index (χ3v) is 3.88. The second-order valence-electron chi connectivity index (χ2n) is 6.12. The predicted octanol–water partition coefficient (Wildman–Crippen LogP) is 1.62. The van der Waals surface area contributed by atoms with Crippen molar-refractivity contribution in [2.75, 3.05) is 39.3 Å². The van der Waals surface area contributed by atoms with E-state index in [1.54, 1.807) is 0 Å². The van der Waals surface area contributed by atoms with Crippen molar-refractivity contribution >= 4 is 6.03 Å². The van der Waals surface area contributed by atoms with Gasteiger partial charge in [-0.05, 0) is 33.6 Å². The van der Waals surface area contributed by atoms with Crippen molar-refractivity contribution in [2.45, 2.75) is 39.2 Å². The van der Waals surface area contributed by atoms with Crippen molar-refractivity contribution in [3.63, 3.8) is 0 Å². The smallest absolute Gasteiger partial charge is 0.320 e. The summed E-state index contributed by atoms with van der Waals surface area (Å²) >= 11 is 0. The van der Waals surface area contributed by atoms with Crippen LogP contribution in [0, 0.1) is 0 Å². The lowest BCUT2D eigenvalue weighted by Gasteiger charge is -2.43. The van der Waals surface area contributed by atoms with Crippen molar-refractivity contribution in [3.05, 3.63) is 0 Å². The van der Waals surface area contributed by atoms with Gasteiger partial charge in [-0.3, -0.25) is 4.90 Å². The second-order valence-corrected chi connectivity index (χ2v) is 6.12. The molecule has 0 aromatic rings. The van der Waals surface area contributed by atoms with Crippen molar-refractivity contribution in [1.29, 1.82) is 0 Å². The standard InChI is InChI=1S/C13H25N3O/c1-13(2,3)16-10-8-15(9-11-16)12(17)14-6-4-5-7-14/h4-11H2,1-3H3. The molecule has 4 nitrogen and oxygen atoms in total. The third kappa shape index (κ3) is 2.92. The molecule has 0 aromatic carbocycles. The molecule has 17 heavy (non-hydrogen) atoms. The minimum atomic E-state index is 0.225. The minimum Gasteiger partial charge on any atom is -0.325 e. The van der Waals surface area contributed by atoms with Gasteiger partial charge >= 0.3 is 6.03 Å². The van der Waals surface area contributed by atoms with E-state index in [1.165, 1.54) is 12.8 Å². The van der Waals surface area contributed by atoms with Gasteiger partial charge in [0.2, 0.25) is 0 Å². The second kappa shape index (κ2) is 4.84. The van der Waals surface area contributed by atoms with Gasteiger partial charge in [-0.15, -0.1) is 0 Å². The Kier molecular flexibility index (Phi) is 3.61. The number of rotatable bonds is 0. The van der Waals surface area contributed by atoms with E-state index in [1.807, 2.05) is 9.80 Å². The van der Waals surface area contributed by atoms with Gasteiger partial charge < -0.3 is 9.80 Å². The SMILES string of the molecule is CC(C)(C)N1CCN(C(=O)N2CCCC2)CC1. The Balaban J connectivity index is 1.84. The number of amides is 2. The minimum absolute atomic E-state index is 0.225. The van der Waals surface area contributed by atoms with Gasteiger partial charge in [0, 0.05) is 44.8 Å². The zero-order valence-electron chi connectivity index (χ0n) is 11.4. The summed E-state index contributed by atoms with van der Waals surface area (Å²) in [4.78, 5) is 18.7. The molecule has 2 saturated heterocycles. The molecule has 2 amide bonds. The third-order valence-electron chi connectivity index (χ3n) is 3.88. The molecule has 98 valence electrons. The van der Waals surface area contributed by atoms with E-state index in [2.05, 4.69) is 25.7 Å².